The summed E-state index contributed by atoms with van der Waals surface area (Å²) in [6.07, 6.45) is 2.10. The zero-order chi connectivity index (χ0) is 19.6. The van der Waals surface area contributed by atoms with Gasteiger partial charge in [0.2, 0.25) is 11.8 Å². The molecule has 0 saturated heterocycles. The summed E-state index contributed by atoms with van der Waals surface area (Å²) in [4.78, 5) is 23.8. The topological polar surface area (TPSA) is 106 Å². The summed E-state index contributed by atoms with van der Waals surface area (Å²) in [6, 6.07) is 14.0. The van der Waals surface area contributed by atoms with Crippen LogP contribution in [0.3, 0.4) is 0 Å². The molecule has 2 aromatic rings. The van der Waals surface area contributed by atoms with E-state index < -0.39 is 21.8 Å². The lowest BCUT2D eigenvalue weighted by atomic mass is 9.96. The Kier molecular flexibility index (Phi) is 5.32. The first-order chi connectivity index (χ1) is 12.8. The second-order valence-corrected chi connectivity index (χ2v) is 8.61. The van der Waals surface area contributed by atoms with E-state index >= 15 is 0 Å². The molecule has 7 heteroatoms. The summed E-state index contributed by atoms with van der Waals surface area (Å²) < 4.78 is 27.3. The molecule has 27 heavy (non-hydrogen) atoms. The fourth-order valence-corrected chi connectivity index (χ4v) is 4.63. The van der Waals surface area contributed by atoms with E-state index in [1.165, 1.54) is 23.8 Å². The number of carbonyl (C=O) groups excluding carboxylic acids is 2. The molecule has 3 rings (SSSR count). The van der Waals surface area contributed by atoms with Crippen molar-refractivity contribution < 1.29 is 18.0 Å². The van der Waals surface area contributed by atoms with Crippen molar-refractivity contribution in [2.45, 2.75) is 37.0 Å². The van der Waals surface area contributed by atoms with E-state index in [4.69, 9.17) is 5.73 Å². The maximum atomic E-state index is 12.6. The Hall–Kier alpha value is -2.67. The third-order valence-corrected chi connectivity index (χ3v) is 6.44. The Morgan fingerprint density at radius 1 is 1.07 bits per heavy atom. The molecule has 0 radical (unpaired) electrons. The van der Waals surface area contributed by atoms with Crippen molar-refractivity contribution in [2.24, 2.45) is 11.7 Å². The molecule has 0 aliphatic heterocycles. The Labute approximate surface area is 158 Å². The second kappa shape index (κ2) is 7.52. The third-order valence-electron chi connectivity index (χ3n) is 5.09. The molecule has 0 heterocycles. The average Bonchev–Trinajstić information content (AvgIpc) is 3.12. The monoisotopic (exact) mass is 386 g/mol. The van der Waals surface area contributed by atoms with E-state index in [1.807, 2.05) is 30.3 Å². The number of hydrogen-bond acceptors (Lipinski definition) is 4. The molecule has 1 aliphatic rings. The molecule has 0 spiro atoms. The normalized spacial score (nSPS) is 19.6. The van der Waals surface area contributed by atoms with Crippen LogP contribution >= 0.6 is 0 Å². The van der Waals surface area contributed by atoms with Crippen LogP contribution in [0, 0.1) is 12.8 Å². The summed E-state index contributed by atoms with van der Waals surface area (Å²) in [7, 11) is -4.06. The highest BCUT2D eigenvalue weighted by atomic mass is 32.2. The molecule has 1 aliphatic carbocycles. The van der Waals surface area contributed by atoms with Crippen molar-refractivity contribution in [1.82, 2.24) is 4.72 Å². The summed E-state index contributed by atoms with van der Waals surface area (Å²) in [5.41, 5.74) is 7.14. The van der Waals surface area contributed by atoms with E-state index in [1.54, 1.807) is 6.92 Å². The number of aryl methyl sites for hydroxylation is 1. The van der Waals surface area contributed by atoms with Gasteiger partial charge < -0.3 is 5.73 Å². The van der Waals surface area contributed by atoms with Gasteiger partial charge in [-0.1, -0.05) is 36.4 Å². The SMILES string of the molecule is Cc1ccc(S(=O)(=O)NC(=O)[C@@H]2CC[C@@H](c3ccccc3)C2)cc1C(N)=O. The lowest BCUT2D eigenvalue weighted by Crippen LogP contribution is -2.35. The number of nitrogens with two attached hydrogens (primary N) is 1. The van der Waals surface area contributed by atoms with Gasteiger partial charge in [0.05, 0.1) is 4.90 Å². The Balaban J connectivity index is 1.72. The molecule has 142 valence electrons. The summed E-state index contributed by atoms with van der Waals surface area (Å²) >= 11 is 0. The minimum atomic E-state index is -4.06. The van der Waals surface area contributed by atoms with Crippen molar-refractivity contribution in [3.05, 3.63) is 65.2 Å². The van der Waals surface area contributed by atoms with Crippen LogP contribution in [0.1, 0.15) is 46.7 Å². The van der Waals surface area contributed by atoms with Crippen molar-refractivity contribution in [3.8, 4) is 0 Å². The van der Waals surface area contributed by atoms with E-state index in [0.717, 1.165) is 6.42 Å². The predicted octanol–water partition coefficient (Wildman–Crippen LogP) is 2.48. The van der Waals surface area contributed by atoms with Gasteiger partial charge in [0.1, 0.15) is 0 Å². The molecule has 1 fully saturated rings. The van der Waals surface area contributed by atoms with Crippen LogP contribution in [0.4, 0.5) is 0 Å². The third kappa shape index (κ3) is 4.19. The molecule has 2 aromatic carbocycles. The second-order valence-electron chi connectivity index (χ2n) is 6.93. The van der Waals surface area contributed by atoms with E-state index in [-0.39, 0.29) is 22.3 Å². The molecular formula is C20H22N2O4S. The number of sulfonamides is 1. The van der Waals surface area contributed by atoms with E-state index in [2.05, 4.69) is 4.72 Å². The quantitative estimate of drug-likeness (QED) is 0.823. The Morgan fingerprint density at radius 3 is 2.44 bits per heavy atom. The van der Waals surface area contributed by atoms with Crippen LogP contribution in [0.15, 0.2) is 53.4 Å². The molecule has 0 unspecified atom stereocenters. The van der Waals surface area contributed by atoms with Gasteiger partial charge in [-0.25, -0.2) is 13.1 Å². The average molecular weight is 386 g/mol. The fraction of sp³-hybridized carbons (Fsp3) is 0.300. The fourth-order valence-electron chi connectivity index (χ4n) is 3.56. The number of nitrogens with one attached hydrogen (secondary N) is 1. The smallest absolute Gasteiger partial charge is 0.264 e. The van der Waals surface area contributed by atoms with Crippen molar-refractivity contribution in [2.75, 3.05) is 0 Å². The van der Waals surface area contributed by atoms with Crippen LogP contribution in [0.25, 0.3) is 0 Å². The number of primary amides is 1. The van der Waals surface area contributed by atoms with Gasteiger partial charge in [-0.15, -0.1) is 0 Å². The van der Waals surface area contributed by atoms with Crippen LogP contribution in [0.2, 0.25) is 0 Å². The Bertz CT molecular complexity index is 971. The number of amides is 2. The van der Waals surface area contributed by atoms with Crippen molar-refractivity contribution in [3.63, 3.8) is 0 Å². The first-order valence-corrected chi connectivity index (χ1v) is 10.3. The standard InChI is InChI=1S/C20H22N2O4S/c1-13-7-10-17(12-18(13)19(21)23)27(25,26)22-20(24)16-9-8-15(11-16)14-5-3-2-4-6-14/h2-7,10,12,15-16H,8-9,11H2,1H3,(H2,21,23)(H,22,24)/t15-,16-/m1/s1. The maximum Gasteiger partial charge on any atom is 0.264 e. The van der Waals surface area contributed by atoms with Gasteiger partial charge in [-0.05, 0) is 55.4 Å². The number of benzene rings is 2. The highest BCUT2D eigenvalue weighted by Crippen LogP contribution is 2.38. The van der Waals surface area contributed by atoms with Crippen LogP contribution in [0.5, 0.6) is 0 Å². The van der Waals surface area contributed by atoms with Gasteiger partial charge in [0.25, 0.3) is 10.0 Å². The lowest BCUT2D eigenvalue weighted by Gasteiger charge is -2.13. The molecular weight excluding hydrogens is 364 g/mol. The molecule has 2 atom stereocenters. The van der Waals surface area contributed by atoms with Crippen molar-refractivity contribution >= 4 is 21.8 Å². The number of rotatable bonds is 5. The Morgan fingerprint density at radius 2 is 1.78 bits per heavy atom. The van der Waals surface area contributed by atoms with Crippen LogP contribution < -0.4 is 10.5 Å². The molecule has 1 saturated carbocycles. The number of carbonyl (C=O) groups is 2. The summed E-state index contributed by atoms with van der Waals surface area (Å²) in [5, 5.41) is 0. The first-order valence-electron chi connectivity index (χ1n) is 8.80. The highest BCUT2D eigenvalue weighted by Gasteiger charge is 2.33. The van der Waals surface area contributed by atoms with E-state index in [0.29, 0.717) is 18.4 Å². The van der Waals surface area contributed by atoms with Gasteiger partial charge >= 0.3 is 0 Å². The zero-order valence-electron chi connectivity index (χ0n) is 15.0. The van der Waals surface area contributed by atoms with E-state index in [9.17, 15) is 18.0 Å². The minimum Gasteiger partial charge on any atom is -0.366 e. The van der Waals surface area contributed by atoms with Gasteiger partial charge in [-0.2, -0.15) is 0 Å². The lowest BCUT2D eigenvalue weighted by molar-refractivity contribution is -0.123. The van der Waals surface area contributed by atoms with Crippen LogP contribution in [-0.4, -0.2) is 20.2 Å². The molecule has 0 bridgehead atoms. The molecule has 6 nitrogen and oxygen atoms in total. The summed E-state index contributed by atoms with van der Waals surface area (Å²) in [5.74, 6) is -1.32. The zero-order valence-corrected chi connectivity index (χ0v) is 15.8. The molecule has 3 N–H and O–H groups in total. The summed E-state index contributed by atoms with van der Waals surface area (Å²) in [6.45, 7) is 1.66. The maximum absolute atomic E-state index is 12.6. The largest absolute Gasteiger partial charge is 0.366 e. The predicted molar refractivity (Wildman–Crippen MR) is 102 cm³/mol. The van der Waals surface area contributed by atoms with Gasteiger partial charge in [-0.3, -0.25) is 9.59 Å². The van der Waals surface area contributed by atoms with Crippen molar-refractivity contribution in [1.29, 1.82) is 0 Å². The molecule has 2 amide bonds. The first kappa shape index (κ1) is 19.1. The highest BCUT2D eigenvalue weighted by molar-refractivity contribution is 7.90. The van der Waals surface area contributed by atoms with Gasteiger partial charge in [0, 0.05) is 11.5 Å². The molecule has 0 aromatic heterocycles. The van der Waals surface area contributed by atoms with Gasteiger partial charge in [0.15, 0.2) is 0 Å². The minimum absolute atomic E-state index is 0.121. The number of hydrogen-bond donors (Lipinski definition) is 2. The van der Waals surface area contributed by atoms with Crippen LogP contribution in [-0.2, 0) is 14.8 Å².